The van der Waals surface area contributed by atoms with Gasteiger partial charge in [0.1, 0.15) is 19.3 Å². The maximum absolute atomic E-state index is 13.4. The van der Waals surface area contributed by atoms with Crippen LogP contribution in [0.4, 0.5) is 14.5 Å². The van der Waals surface area contributed by atoms with E-state index < -0.39 is 40.2 Å². The summed E-state index contributed by atoms with van der Waals surface area (Å²) in [4.78, 5) is 12.2. The number of nitrogens with one attached hydrogen (secondary N) is 1. The van der Waals surface area contributed by atoms with E-state index in [2.05, 4.69) is 5.32 Å². The second-order valence-corrected chi connectivity index (χ2v) is 8.08. The normalized spacial score (nSPS) is 15.8. The molecule has 1 aliphatic heterocycles. The molecule has 1 unspecified atom stereocenters. The lowest BCUT2D eigenvalue weighted by Gasteiger charge is -2.27. The monoisotopic (exact) mass is 412 g/mol. The third-order valence-corrected chi connectivity index (χ3v) is 5.11. The van der Waals surface area contributed by atoms with Gasteiger partial charge in [0, 0.05) is 6.07 Å². The zero-order valence-corrected chi connectivity index (χ0v) is 15.7. The van der Waals surface area contributed by atoms with Crippen molar-refractivity contribution in [3.05, 3.63) is 54.1 Å². The molecule has 2 aromatic carbocycles. The van der Waals surface area contributed by atoms with Crippen LogP contribution >= 0.6 is 0 Å². The van der Waals surface area contributed by atoms with E-state index in [0.29, 0.717) is 15.8 Å². The molecule has 0 aliphatic carbocycles. The van der Waals surface area contributed by atoms with Gasteiger partial charge in [0.25, 0.3) is 0 Å². The van der Waals surface area contributed by atoms with Gasteiger partial charge in [-0.1, -0.05) is 12.1 Å². The summed E-state index contributed by atoms with van der Waals surface area (Å²) in [6, 6.07) is 9.69. The summed E-state index contributed by atoms with van der Waals surface area (Å²) in [6.07, 6.45) is 0.421. The van der Waals surface area contributed by atoms with Crippen molar-refractivity contribution in [1.29, 1.82) is 0 Å². The van der Waals surface area contributed by atoms with Crippen molar-refractivity contribution in [2.45, 2.75) is 6.10 Å². The quantitative estimate of drug-likeness (QED) is 0.781. The molecule has 7 nitrogen and oxygen atoms in total. The minimum atomic E-state index is -3.90. The van der Waals surface area contributed by atoms with E-state index in [0.717, 1.165) is 24.5 Å². The molecule has 0 saturated carbocycles. The number of fused-ring (bicyclic) bond motifs is 1. The van der Waals surface area contributed by atoms with Crippen molar-refractivity contribution < 1.29 is 31.5 Å². The molecule has 2 aromatic rings. The molecule has 1 N–H and O–H groups in total. The topological polar surface area (TPSA) is 84.9 Å². The fraction of sp³-hybridized carbons (Fsp3) is 0.278. The van der Waals surface area contributed by atoms with E-state index in [1.165, 1.54) is 0 Å². The number of anilines is 1. The van der Waals surface area contributed by atoms with Crippen LogP contribution in [0, 0.1) is 11.6 Å². The third kappa shape index (κ3) is 4.69. The Balaban J connectivity index is 1.62. The summed E-state index contributed by atoms with van der Waals surface area (Å²) < 4.78 is 62.5. The number of hydrogen-bond acceptors (Lipinski definition) is 5. The molecular formula is C18H18F2N2O5S. The van der Waals surface area contributed by atoms with Crippen LogP contribution in [0.3, 0.4) is 0 Å². The standard InChI is InChI=1S/C18H18F2N2O5S/c1-28(24,25)22(12-6-7-14(19)15(20)8-12)10-18(23)21-9-13-11-26-16-4-2-3-5-17(16)27-13/h2-8,13H,9-11H2,1H3,(H,21,23). The highest BCUT2D eigenvalue weighted by atomic mass is 32.2. The molecule has 1 amide bonds. The largest absolute Gasteiger partial charge is 0.486 e. The minimum Gasteiger partial charge on any atom is -0.486 e. The van der Waals surface area contributed by atoms with Crippen molar-refractivity contribution in [2.75, 3.05) is 30.3 Å². The van der Waals surface area contributed by atoms with Crippen LogP contribution in [0.15, 0.2) is 42.5 Å². The Kier molecular flexibility index (Phi) is 5.68. The fourth-order valence-electron chi connectivity index (χ4n) is 2.62. The number of ether oxygens (including phenoxy) is 2. The first-order chi connectivity index (χ1) is 13.2. The van der Waals surface area contributed by atoms with Gasteiger partial charge < -0.3 is 14.8 Å². The highest BCUT2D eigenvalue weighted by molar-refractivity contribution is 7.92. The van der Waals surface area contributed by atoms with Crippen molar-refractivity contribution in [2.24, 2.45) is 0 Å². The van der Waals surface area contributed by atoms with Crippen LogP contribution < -0.4 is 19.1 Å². The Hall–Kier alpha value is -2.88. The van der Waals surface area contributed by atoms with Gasteiger partial charge in [0.2, 0.25) is 15.9 Å². The highest BCUT2D eigenvalue weighted by Crippen LogP contribution is 2.30. The lowest BCUT2D eigenvalue weighted by atomic mass is 10.2. The third-order valence-electron chi connectivity index (χ3n) is 3.97. The van der Waals surface area contributed by atoms with Crippen LogP contribution in [0.25, 0.3) is 0 Å². The molecule has 1 aliphatic rings. The average Bonchev–Trinajstić information content (AvgIpc) is 2.65. The molecule has 0 fully saturated rings. The van der Waals surface area contributed by atoms with Gasteiger partial charge >= 0.3 is 0 Å². The van der Waals surface area contributed by atoms with E-state index in [1.54, 1.807) is 18.2 Å². The number of amides is 1. The van der Waals surface area contributed by atoms with E-state index in [9.17, 15) is 22.0 Å². The molecule has 3 rings (SSSR count). The summed E-state index contributed by atoms with van der Waals surface area (Å²) in [7, 11) is -3.90. The van der Waals surface area contributed by atoms with Gasteiger partial charge in [0.15, 0.2) is 23.1 Å². The minimum absolute atomic E-state index is 0.0859. The molecule has 0 aromatic heterocycles. The Labute approximate surface area is 160 Å². The Bertz CT molecular complexity index is 984. The van der Waals surface area contributed by atoms with Gasteiger partial charge in [-0.2, -0.15) is 0 Å². The summed E-state index contributed by atoms with van der Waals surface area (Å²) >= 11 is 0. The zero-order chi connectivity index (χ0) is 20.3. The summed E-state index contributed by atoms with van der Waals surface area (Å²) in [5, 5.41) is 2.56. The van der Waals surface area contributed by atoms with Gasteiger partial charge in [-0.25, -0.2) is 17.2 Å². The molecule has 10 heteroatoms. The first kappa shape index (κ1) is 19.9. The molecule has 0 saturated heterocycles. The van der Waals surface area contributed by atoms with Gasteiger partial charge in [0.05, 0.1) is 18.5 Å². The first-order valence-electron chi connectivity index (χ1n) is 8.32. The van der Waals surface area contributed by atoms with E-state index in [-0.39, 0.29) is 18.8 Å². The maximum Gasteiger partial charge on any atom is 0.240 e. The molecule has 1 atom stereocenters. The second-order valence-electron chi connectivity index (χ2n) is 6.17. The molecule has 150 valence electrons. The molecule has 28 heavy (non-hydrogen) atoms. The number of nitrogens with zero attached hydrogens (tertiary/aromatic N) is 1. The summed E-state index contributed by atoms with van der Waals surface area (Å²) in [5.74, 6) is -1.80. The van der Waals surface area contributed by atoms with Crippen LogP contribution in [0.1, 0.15) is 0 Å². The van der Waals surface area contributed by atoms with E-state index in [4.69, 9.17) is 9.47 Å². The number of carbonyl (C=O) groups is 1. The fourth-order valence-corrected chi connectivity index (χ4v) is 3.47. The van der Waals surface area contributed by atoms with Crippen LogP contribution in [0.5, 0.6) is 11.5 Å². The van der Waals surface area contributed by atoms with Crippen molar-refractivity contribution in [3.8, 4) is 11.5 Å². The number of rotatable bonds is 6. The second kappa shape index (κ2) is 8.01. The molecule has 0 spiro atoms. The lowest BCUT2D eigenvalue weighted by Crippen LogP contribution is -2.45. The number of carbonyl (C=O) groups excluding carboxylic acids is 1. The van der Waals surface area contributed by atoms with Crippen molar-refractivity contribution in [3.63, 3.8) is 0 Å². The molecule has 0 radical (unpaired) electrons. The number of para-hydroxylation sites is 2. The smallest absolute Gasteiger partial charge is 0.240 e. The predicted octanol–water partition coefficient (Wildman–Crippen LogP) is 1.69. The van der Waals surface area contributed by atoms with Crippen molar-refractivity contribution >= 4 is 21.6 Å². The zero-order valence-electron chi connectivity index (χ0n) is 14.9. The maximum atomic E-state index is 13.4. The number of hydrogen-bond donors (Lipinski definition) is 1. The van der Waals surface area contributed by atoms with E-state index >= 15 is 0 Å². The molecule has 0 bridgehead atoms. The Morgan fingerprint density at radius 1 is 1.18 bits per heavy atom. The Morgan fingerprint density at radius 2 is 1.89 bits per heavy atom. The summed E-state index contributed by atoms with van der Waals surface area (Å²) in [5.41, 5.74) is -0.150. The molecule has 1 heterocycles. The van der Waals surface area contributed by atoms with E-state index in [1.807, 2.05) is 6.07 Å². The van der Waals surface area contributed by atoms with Gasteiger partial charge in [-0.05, 0) is 24.3 Å². The number of halogens is 2. The SMILES string of the molecule is CS(=O)(=O)N(CC(=O)NCC1COc2ccccc2O1)c1ccc(F)c(F)c1. The first-order valence-corrected chi connectivity index (χ1v) is 10.2. The molecular weight excluding hydrogens is 394 g/mol. The Morgan fingerprint density at radius 3 is 2.57 bits per heavy atom. The predicted molar refractivity (Wildman–Crippen MR) is 97.9 cm³/mol. The number of sulfonamides is 1. The van der Waals surface area contributed by atoms with Crippen LogP contribution in [-0.4, -0.2) is 46.4 Å². The van der Waals surface area contributed by atoms with Gasteiger partial charge in [-0.15, -0.1) is 0 Å². The lowest BCUT2D eigenvalue weighted by molar-refractivity contribution is -0.120. The highest BCUT2D eigenvalue weighted by Gasteiger charge is 2.24. The summed E-state index contributed by atoms with van der Waals surface area (Å²) in [6.45, 7) is -0.285. The van der Waals surface area contributed by atoms with Crippen molar-refractivity contribution in [1.82, 2.24) is 5.32 Å². The average molecular weight is 412 g/mol. The van der Waals surface area contributed by atoms with Gasteiger partial charge in [-0.3, -0.25) is 9.10 Å². The van der Waals surface area contributed by atoms with Crippen LogP contribution in [0.2, 0.25) is 0 Å². The van der Waals surface area contributed by atoms with Crippen LogP contribution in [-0.2, 0) is 14.8 Å². The number of benzene rings is 2.